The number of carbonyl (C=O) groups excluding carboxylic acids is 1. The molecule has 1 aliphatic carbocycles. The van der Waals surface area contributed by atoms with Crippen molar-refractivity contribution < 1.29 is 4.79 Å². The van der Waals surface area contributed by atoms with E-state index < -0.39 is 6.04 Å². The minimum Gasteiger partial charge on any atom is -0.357 e. The van der Waals surface area contributed by atoms with Gasteiger partial charge < -0.3 is 16.0 Å². The van der Waals surface area contributed by atoms with Crippen LogP contribution in [-0.2, 0) is 4.79 Å². The van der Waals surface area contributed by atoms with Gasteiger partial charge in [-0.05, 0) is 37.3 Å². The molecule has 5 nitrogen and oxygen atoms in total. The highest BCUT2D eigenvalue weighted by atomic mass is 35.5. The zero-order valence-electron chi connectivity index (χ0n) is 14.2. The summed E-state index contributed by atoms with van der Waals surface area (Å²) in [5.74, 6) is 1.51. The molecule has 6 heteroatoms. The van der Waals surface area contributed by atoms with Crippen LogP contribution in [0.25, 0.3) is 0 Å². The number of nitrogens with two attached hydrogens (primary N) is 1. The number of amides is 1. The van der Waals surface area contributed by atoms with E-state index >= 15 is 0 Å². The van der Waals surface area contributed by atoms with Crippen molar-refractivity contribution in [3.63, 3.8) is 0 Å². The molecule has 1 atom stereocenters. The van der Waals surface area contributed by atoms with Gasteiger partial charge in [-0.15, -0.1) is 12.4 Å². The number of rotatable bonds is 5. The van der Waals surface area contributed by atoms with Gasteiger partial charge in [-0.1, -0.05) is 32.1 Å². The lowest BCUT2D eigenvalue weighted by molar-refractivity contribution is -0.117. The molecule has 134 valence electrons. The number of nitrogens with zero attached hydrogens (tertiary/aromatic N) is 2. The van der Waals surface area contributed by atoms with Crippen molar-refractivity contribution in [2.24, 2.45) is 11.7 Å². The van der Waals surface area contributed by atoms with E-state index in [4.69, 9.17) is 5.73 Å². The maximum Gasteiger partial charge on any atom is 0.241 e. The molecule has 1 saturated heterocycles. The van der Waals surface area contributed by atoms with Crippen LogP contribution < -0.4 is 16.0 Å². The van der Waals surface area contributed by atoms with Gasteiger partial charge in [0.05, 0.1) is 17.9 Å². The molecule has 2 aliphatic rings. The fraction of sp³-hybridized carbons (Fsp3) is 0.667. The topological polar surface area (TPSA) is 71.2 Å². The summed E-state index contributed by atoms with van der Waals surface area (Å²) in [5.41, 5.74) is 6.82. The molecular formula is C18H29ClN4O. The Bertz CT molecular complexity index is 510. The van der Waals surface area contributed by atoms with Crippen molar-refractivity contribution in [1.82, 2.24) is 4.98 Å². The highest BCUT2D eigenvalue weighted by Crippen LogP contribution is 2.27. The maximum atomic E-state index is 12.3. The van der Waals surface area contributed by atoms with Crippen LogP contribution in [0, 0.1) is 5.92 Å². The van der Waals surface area contributed by atoms with E-state index in [0.29, 0.717) is 5.92 Å². The Morgan fingerprint density at radius 3 is 2.54 bits per heavy atom. The van der Waals surface area contributed by atoms with Crippen LogP contribution in [0.15, 0.2) is 18.3 Å². The Labute approximate surface area is 150 Å². The minimum atomic E-state index is -0.420. The van der Waals surface area contributed by atoms with Crippen molar-refractivity contribution in [3.05, 3.63) is 18.3 Å². The number of anilines is 2. The van der Waals surface area contributed by atoms with Crippen molar-refractivity contribution in [2.45, 2.75) is 57.4 Å². The monoisotopic (exact) mass is 352 g/mol. The predicted octanol–water partition coefficient (Wildman–Crippen LogP) is 3.34. The summed E-state index contributed by atoms with van der Waals surface area (Å²) >= 11 is 0. The normalized spacial score (nSPS) is 19.6. The molecule has 0 radical (unpaired) electrons. The largest absolute Gasteiger partial charge is 0.357 e. The van der Waals surface area contributed by atoms with E-state index in [2.05, 4.69) is 15.2 Å². The SMILES string of the molecule is Cl.NC(CC1CCCCC1)C(=O)Nc1ccc(N2CCCC2)nc1. The van der Waals surface area contributed by atoms with E-state index in [0.717, 1.165) is 31.0 Å². The van der Waals surface area contributed by atoms with Crippen LogP contribution in [0.3, 0.4) is 0 Å². The Kier molecular flexibility index (Phi) is 7.31. The molecule has 0 bridgehead atoms. The summed E-state index contributed by atoms with van der Waals surface area (Å²) in [6, 6.07) is 3.48. The van der Waals surface area contributed by atoms with Gasteiger partial charge in [-0.2, -0.15) is 0 Å². The second kappa shape index (κ2) is 9.23. The van der Waals surface area contributed by atoms with E-state index in [1.54, 1.807) is 6.20 Å². The van der Waals surface area contributed by atoms with Gasteiger partial charge in [-0.25, -0.2) is 4.98 Å². The molecular weight excluding hydrogens is 324 g/mol. The summed E-state index contributed by atoms with van der Waals surface area (Å²) in [6.07, 6.45) is 11.3. The van der Waals surface area contributed by atoms with Crippen LogP contribution >= 0.6 is 12.4 Å². The third-order valence-electron chi connectivity index (χ3n) is 5.09. The molecule has 0 aromatic carbocycles. The van der Waals surface area contributed by atoms with Gasteiger partial charge in [0, 0.05) is 13.1 Å². The fourth-order valence-corrected chi connectivity index (χ4v) is 3.72. The number of hydrogen-bond donors (Lipinski definition) is 2. The third kappa shape index (κ3) is 5.08. The van der Waals surface area contributed by atoms with Crippen LogP contribution in [0.4, 0.5) is 11.5 Å². The Morgan fingerprint density at radius 2 is 1.92 bits per heavy atom. The first-order chi connectivity index (χ1) is 11.2. The van der Waals surface area contributed by atoms with Crippen molar-refractivity contribution >= 4 is 29.8 Å². The van der Waals surface area contributed by atoms with Gasteiger partial charge in [0.15, 0.2) is 0 Å². The molecule has 1 unspecified atom stereocenters. The minimum absolute atomic E-state index is 0. The van der Waals surface area contributed by atoms with E-state index in [-0.39, 0.29) is 18.3 Å². The zero-order chi connectivity index (χ0) is 16.1. The van der Waals surface area contributed by atoms with Gasteiger partial charge in [-0.3, -0.25) is 4.79 Å². The summed E-state index contributed by atoms with van der Waals surface area (Å²) < 4.78 is 0. The van der Waals surface area contributed by atoms with Gasteiger partial charge >= 0.3 is 0 Å². The van der Waals surface area contributed by atoms with Crippen molar-refractivity contribution in [1.29, 1.82) is 0 Å². The highest BCUT2D eigenvalue weighted by Gasteiger charge is 2.21. The summed E-state index contributed by atoms with van der Waals surface area (Å²) in [4.78, 5) is 19.0. The highest BCUT2D eigenvalue weighted by molar-refractivity contribution is 5.94. The number of pyridine rings is 1. The van der Waals surface area contributed by atoms with Gasteiger partial charge in [0.1, 0.15) is 5.82 Å². The first-order valence-electron chi connectivity index (χ1n) is 9.00. The Balaban J connectivity index is 0.00000208. The number of aromatic nitrogens is 1. The predicted molar refractivity (Wildman–Crippen MR) is 101 cm³/mol. The molecule has 2 heterocycles. The van der Waals surface area contributed by atoms with Crippen LogP contribution in [0.5, 0.6) is 0 Å². The second-order valence-corrected chi connectivity index (χ2v) is 6.93. The summed E-state index contributed by atoms with van der Waals surface area (Å²) in [6.45, 7) is 2.15. The molecule has 1 aromatic heterocycles. The molecule has 24 heavy (non-hydrogen) atoms. The molecule has 1 amide bonds. The smallest absolute Gasteiger partial charge is 0.241 e. The third-order valence-corrected chi connectivity index (χ3v) is 5.09. The summed E-state index contributed by atoms with van der Waals surface area (Å²) in [7, 11) is 0. The van der Waals surface area contributed by atoms with Gasteiger partial charge in [0.2, 0.25) is 5.91 Å². The standard InChI is InChI=1S/C18H28N4O.ClH/c19-16(12-14-6-2-1-3-7-14)18(23)21-15-8-9-17(20-13-15)22-10-4-5-11-22;/h8-9,13-14,16H,1-7,10-12,19H2,(H,21,23);1H. The Morgan fingerprint density at radius 1 is 1.21 bits per heavy atom. The second-order valence-electron chi connectivity index (χ2n) is 6.93. The van der Waals surface area contributed by atoms with Gasteiger partial charge in [0.25, 0.3) is 0 Å². The number of carbonyl (C=O) groups is 1. The average Bonchev–Trinajstić information content (AvgIpc) is 3.11. The molecule has 1 aliphatic heterocycles. The first-order valence-corrected chi connectivity index (χ1v) is 9.00. The van der Waals surface area contributed by atoms with Crippen molar-refractivity contribution in [3.8, 4) is 0 Å². The molecule has 1 aromatic rings. The molecule has 3 N–H and O–H groups in total. The maximum absolute atomic E-state index is 12.3. The molecule has 0 spiro atoms. The fourth-order valence-electron chi connectivity index (χ4n) is 3.72. The van der Waals surface area contributed by atoms with Crippen LogP contribution in [-0.4, -0.2) is 30.0 Å². The van der Waals surface area contributed by atoms with Crippen LogP contribution in [0.2, 0.25) is 0 Å². The first kappa shape index (κ1) is 19.0. The molecule has 2 fully saturated rings. The quantitative estimate of drug-likeness (QED) is 0.852. The zero-order valence-corrected chi connectivity index (χ0v) is 15.1. The van der Waals surface area contributed by atoms with E-state index in [9.17, 15) is 4.79 Å². The Hall–Kier alpha value is -1.33. The van der Waals surface area contributed by atoms with E-state index in [1.165, 1.54) is 44.9 Å². The number of halogens is 1. The molecule has 3 rings (SSSR count). The average molecular weight is 353 g/mol. The number of hydrogen-bond acceptors (Lipinski definition) is 4. The van der Waals surface area contributed by atoms with Crippen LogP contribution in [0.1, 0.15) is 51.4 Å². The molecule has 1 saturated carbocycles. The lowest BCUT2D eigenvalue weighted by Crippen LogP contribution is -2.37. The number of nitrogens with one attached hydrogen (secondary N) is 1. The summed E-state index contributed by atoms with van der Waals surface area (Å²) in [5, 5.41) is 2.90. The lowest BCUT2D eigenvalue weighted by Gasteiger charge is -2.24. The van der Waals surface area contributed by atoms with Crippen molar-refractivity contribution in [2.75, 3.05) is 23.3 Å². The lowest BCUT2D eigenvalue weighted by atomic mass is 9.85. The van der Waals surface area contributed by atoms with E-state index in [1.807, 2.05) is 12.1 Å².